The van der Waals surface area contributed by atoms with Gasteiger partial charge in [0.15, 0.2) is 0 Å². The highest BCUT2D eigenvalue weighted by atomic mass is 14.7. The van der Waals surface area contributed by atoms with E-state index in [1.165, 1.54) is 49.9 Å². The number of fused-ring (bicyclic) bond motifs is 13. The van der Waals surface area contributed by atoms with Gasteiger partial charge in [0, 0.05) is 41.1 Å². The van der Waals surface area contributed by atoms with Gasteiger partial charge in [-0.25, -0.2) is 4.98 Å². The van der Waals surface area contributed by atoms with Crippen LogP contribution in [0, 0.1) is 0 Å². The molecule has 264 valence electrons. The average Bonchev–Trinajstić information content (AvgIpc) is 3.75. The Morgan fingerprint density at radius 1 is 0.298 bits per heavy atom. The molecule has 0 aliphatic heterocycles. The molecule has 0 unspecified atom stereocenters. The Hall–Kier alpha value is -7.49. The van der Waals surface area contributed by atoms with Crippen molar-refractivity contribution in [1.82, 2.24) is 15.0 Å². The molecule has 0 atom stereocenters. The maximum atomic E-state index is 5.47. The SMILES string of the molecule is c1cc(-c2cc(-c3ccncc3)cc(-c3ccncc3)c2)cc(-c2nc3ccccc3c3cc4c(cc23)-c2ccccc2C42c3ccccc3-c3ccccc32)c1. The molecule has 0 radical (unpaired) electrons. The minimum absolute atomic E-state index is 0.413. The minimum Gasteiger partial charge on any atom is -0.265 e. The first-order valence-corrected chi connectivity index (χ1v) is 19.5. The number of para-hydroxylation sites is 1. The third kappa shape index (κ3) is 4.63. The van der Waals surface area contributed by atoms with Gasteiger partial charge in [-0.3, -0.25) is 9.97 Å². The van der Waals surface area contributed by atoms with E-state index in [0.717, 1.165) is 60.9 Å². The third-order valence-electron chi connectivity index (χ3n) is 12.2. The number of hydrogen-bond donors (Lipinski definition) is 0. The zero-order valence-corrected chi connectivity index (χ0v) is 30.9. The molecule has 12 rings (SSSR count). The highest BCUT2D eigenvalue weighted by Gasteiger charge is 2.51. The Morgan fingerprint density at radius 2 is 0.789 bits per heavy atom. The molecule has 3 aromatic heterocycles. The Balaban J connectivity index is 1.11. The van der Waals surface area contributed by atoms with Gasteiger partial charge in [-0.15, -0.1) is 0 Å². The Bertz CT molecular complexity index is 3140. The number of benzene rings is 7. The van der Waals surface area contributed by atoms with Crippen LogP contribution in [0.25, 0.3) is 88.6 Å². The van der Waals surface area contributed by atoms with Crippen molar-refractivity contribution in [3.8, 4) is 66.9 Å². The van der Waals surface area contributed by atoms with E-state index in [0.29, 0.717) is 0 Å². The highest BCUT2D eigenvalue weighted by Crippen LogP contribution is 2.63. The molecule has 0 saturated heterocycles. The number of hydrogen-bond acceptors (Lipinski definition) is 3. The predicted molar refractivity (Wildman–Crippen MR) is 233 cm³/mol. The van der Waals surface area contributed by atoms with Gasteiger partial charge in [-0.1, -0.05) is 109 Å². The van der Waals surface area contributed by atoms with Gasteiger partial charge in [0.05, 0.1) is 16.6 Å². The van der Waals surface area contributed by atoms with Crippen LogP contribution in [-0.2, 0) is 5.41 Å². The Morgan fingerprint density at radius 3 is 1.40 bits per heavy atom. The normalized spacial score (nSPS) is 13.1. The number of pyridine rings is 3. The maximum absolute atomic E-state index is 5.47. The van der Waals surface area contributed by atoms with Crippen LogP contribution in [0.15, 0.2) is 201 Å². The van der Waals surface area contributed by atoms with E-state index in [9.17, 15) is 0 Å². The summed E-state index contributed by atoms with van der Waals surface area (Å²) < 4.78 is 0. The van der Waals surface area contributed by atoms with Crippen LogP contribution in [-0.4, -0.2) is 15.0 Å². The summed E-state index contributed by atoms with van der Waals surface area (Å²) in [5, 5.41) is 3.53. The van der Waals surface area contributed by atoms with Gasteiger partial charge in [0.1, 0.15) is 0 Å². The zero-order chi connectivity index (χ0) is 37.5. The molecule has 3 heteroatoms. The van der Waals surface area contributed by atoms with Gasteiger partial charge in [-0.05, 0) is 150 Å². The summed E-state index contributed by atoms with van der Waals surface area (Å²) in [5.41, 5.74) is 20.0. The van der Waals surface area contributed by atoms with E-state index in [-0.39, 0.29) is 0 Å². The minimum atomic E-state index is -0.413. The molecule has 2 aliphatic carbocycles. The van der Waals surface area contributed by atoms with E-state index in [2.05, 4.69) is 186 Å². The van der Waals surface area contributed by atoms with Crippen molar-refractivity contribution in [2.24, 2.45) is 0 Å². The van der Waals surface area contributed by atoms with Crippen molar-refractivity contribution in [2.45, 2.75) is 5.41 Å². The van der Waals surface area contributed by atoms with E-state index in [1.807, 2.05) is 24.8 Å². The lowest BCUT2D eigenvalue weighted by Crippen LogP contribution is -2.25. The van der Waals surface area contributed by atoms with Crippen LogP contribution < -0.4 is 0 Å². The molecular formula is C54H33N3. The highest BCUT2D eigenvalue weighted by molar-refractivity contribution is 6.14. The van der Waals surface area contributed by atoms with Gasteiger partial charge >= 0.3 is 0 Å². The molecule has 2 aliphatic rings. The first-order chi connectivity index (χ1) is 28.3. The summed E-state index contributed by atoms with van der Waals surface area (Å²) in [7, 11) is 0. The fourth-order valence-electron chi connectivity index (χ4n) is 9.82. The van der Waals surface area contributed by atoms with Crippen molar-refractivity contribution in [1.29, 1.82) is 0 Å². The first-order valence-electron chi connectivity index (χ1n) is 19.5. The van der Waals surface area contributed by atoms with Gasteiger partial charge in [0.2, 0.25) is 0 Å². The number of aromatic nitrogens is 3. The molecule has 57 heavy (non-hydrogen) atoms. The van der Waals surface area contributed by atoms with Crippen LogP contribution in [0.2, 0.25) is 0 Å². The first kappa shape index (κ1) is 31.8. The van der Waals surface area contributed by atoms with Crippen LogP contribution in [0.3, 0.4) is 0 Å². The van der Waals surface area contributed by atoms with Crippen LogP contribution in [0.4, 0.5) is 0 Å². The quantitative estimate of drug-likeness (QED) is 0.170. The molecule has 1 spiro atoms. The van der Waals surface area contributed by atoms with Gasteiger partial charge < -0.3 is 0 Å². The van der Waals surface area contributed by atoms with E-state index in [1.54, 1.807) is 0 Å². The van der Waals surface area contributed by atoms with Crippen LogP contribution in [0.1, 0.15) is 22.3 Å². The largest absolute Gasteiger partial charge is 0.265 e. The van der Waals surface area contributed by atoms with E-state index >= 15 is 0 Å². The van der Waals surface area contributed by atoms with E-state index < -0.39 is 5.41 Å². The van der Waals surface area contributed by atoms with Crippen molar-refractivity contribution >= 4 is 21.7 Å². The smallest absolute Gasteiger partial charge is 0.0788 e. The summed E-state index contributed by atoms with van der Waals surface area (Å²) >= 11 is 0. The summed E-state index contributed by atoms with van der Waals surface area (Å²) in [4.78, 5) is 14.0. The Labute approximate surface area is 330 Å². The average molecular weight is 724 g/mol. The van der Waals surface area contributed by atoms with E-state index in [4.69, 9.17) is 4.98 Å². The summed E-state index contributed by atoms with van der Waals surface area (Å²) in [6.07, 6.45) is 7.41. The lowest BCUT2D eigenvalue weighted by molar-refractivity contribution is 0.795. The van der Waals surface area contributed by atoms with Crippen LogP contribution in [0.5, 0.6) is 0 Å². The second kappa shape index (κ2) is 12.3. The van der Waals surface area contributed by atoms with Gasteiger partial charge in [0.25, 0.3) is 0 Å². The molecule has 0 amide bonds. The Kier molecular flexibility index (Phi) is 6.84. The van der Waals surface area contributed by atoms with Crippen molar-refractivity contribution < 1.29 is 0 Å². The molecule has 3 heterocycles. The van der Waals surface area contributed by atoms with Crippen LogP contribution >= 0.6 is 0 Å². The molecule has 3 nitrogen and oxygen atoms in total. The molecule has 0 N–H and O–H groups in total. The second-order valence-electron chi connectivity index (χ2n) is 15.2. The zero-order valence-electron chi connectivity index (χ0n) is 30.9. The number of rotatable bonds is 4. The third-order valence-corrected chi connectivity index (χ3v) is 12.2. The van der Waals surface area contributed by atoms with Crippen molar-refractivity contribution in [2.75, 3.05) is 0 Å². The van der Waals surface area contributed by atoms with Crippen molar-refractivity contribution in [3.63, 3.8) is 0 Å². The molecular weight excluding hydrogens is 691 g/mol. The maximum Gasteiger partial charge on any atom is 0.0788 e. The summed E-state index contributed by atoms with van der Waals surface area (Å²) in [6.45, 7) is 0. The predicted octanol–water partition coefficient (Wildman–Crippen LogP) is 13.2. The van der Waals surface area contributed by atoms with Gasteiger partial charge in [-0.2, -0.15) is 0 Å². The molecule has 7 aromatic carbocycles. The standard InChI is InChI=1S/C54H33N3/c1-5-16-48-41(12-1)42-13-2-6-17-49(42)54(48)50-18-7-3-14-43(50)46-32-47-45(33-51(46)54)44-15-4-8-19-52(44)57-53(47)37-11-9-10-36(28-37)40-30-38(34-20-24-55-25-21-34)29-39(31-40)35-22-26-56-27-23-35/h1-33H. The fraction of sp³-hybridized carbons (Fsp3) is 0.0185. The summed E-state index contributed by atoms with van der Waals surface area (Å²) in [6, 6.07) is 64.6. The van der Waals surface area contributed by atoms with Crippen molar-refractivity contribution in [3.05, 3.63) is 223 Å². The molecule has 0 bridgehead atoms. The topological polar surface area (TPSA) is 38.7 Å². The molecule has 10 aromatic rings. The summed E-state index contributed by atoms with van der Waals surface area (Å²) in [5.74, 6) is 0. The fourth-order valence-corrected chi connectivity index (χ4v) is 9.82. The molecule has 0 fully saturated rings. The lowest BCUT2D eigenvalue weighted by atomic mass is 9.70. The monoisotopic (exact) mass is 723 g/mol. The number of nitrogens with zero attached hydrogens (tertiary/aromatic N) is 3. The molecule has 0 saturated carbocycles. The lowest BCUT2D eigenvalue weighted by Gasteiger charge is -2.30. The second-order valence-corrected chi connectivity index (χ2v) is 15.2.